The first kappa shape index (κ1) is 11.8. The van der Waals surface area contributed by atoms with Gasteiger partial charge in [-0.2, -0.15) is 0 Å². The minimum absolute atomic E-state index is 0.128. The molecule has 4 nitrogen and oxygen atoms in total. The number of halogens is 1. The maximum atomic E-state index is 9.18. The van der Waals surface area contributed by atoms with E-state index >= 15 is 0 Å². The highest BCUT2D eigenvalue weighted by atomic mass is 35.5. The Morgan fingerprint density at radius 2 is 2.12 bits per heavy atom. The Hall–Kier alpha value is -1.65. The Kier molecular flexibility index (Phi) is 3.56. The lowest BCUT2D eigenvalue weighted by atomic mass is 10.2. The van der Waals surface area contributed by atoms with E-state index in [0.717, 1.165) is 5.69 Å². The number of pyridine rings is 2. The van der Waals surface area contributed by atoms with Crippen LogP contribution in [0.3, 0.4) is 0 Å². The van der Waals surface area contributed by atoms with Crippen molar-refractivity contribution in [1.82, 2.24) is 9.97 Å². The van der Waals surface area contributed by atoms with Gasteiger partial charge in [-0.25, -0.2) is 0 Å². The lowest BCUT2D eigenvalue weighted by Crippen LogP contribution is -1.95. The molecule has 0 unspecified atom stereocenters. The van der Waals surface area contributed by atoms with Gasteiger partial charge in [-0.15, -0.1) is 0 Å². The molecule has 0 atom stereocenters. The lowest BCUT2D eigenvalue weighted by Gasteiger charge is -2.09. The van der Waals surface area contributed by atoms with E-state index < -0.39 is 0 Å². The molecule has 0 amide bonds. The van der Waals surface area contributed by atoms with Crippen molar-refractivity contribution in [3.8, 4) is 11.5 Å². The molecule has 0 aliphatic heterocycles. The zero-order valence-corrected chi connectivity index (χ0v) is 9.98. The second-order valence-corrected chi connectivity index (χ2v) is 3.97. The van der Waals surface area contributed by atoms with E-state index in [1.165, 1.54) is 6.20 Å². The van der Waals surface area contributed by atoms with Crippen molar-refractivity contribution in [2.24, 2.45) is 0 Å². The second kappa shape index (κ2) is 5.12. The normalized spacial score (nSPS) is 10.3. The van der Waals surface area contributed by atoms with E-state index in [9.17, 15) is 5.11 Å². The van der Waals surface area contributed by atoms with Gasteiger partial charge in [-0.1, -0.05) is 11.6 Å². The average Bonchev–Trinajstić information content (AvgIpc) is 2.29. The van der Waals surface area contributed by atoms with Gasteiger partial charge in [0.1, 0.15) is 11.5 Å². The zero-order valence-electron chi connectivity index (χ0n) is 9.22. The molecule has 88 valence electrons. The molecule has 2 heterocycles. The number of rotatable bonds is 3. The Balaban J connectivity index is 2.32. The van der Waals surface area contributed by atoms with E-state index in [2.05, 4.69) is 9.97 Å². The molecule has 17 heavy (non-hydrogen) atoms. The number of aromatic nitrogens is 2. The summed E-state index contributed by atoms with van der Waals surface area (Å²) >= 11 is 5.81. The molecule has 0 radical (unpaired) electrons. The summed E-state index contributed by atoms with van der Waals surface area (Å²) < 4.78 is 5.62. The summed E-state index contributed by atoms with van der Waals surface area (Å²) in [6, 6.07) is 3.41. The number of aliphatic hydroxyl groups is 1. The molecule has 2 rings (SSSR count). The standard InChI is InChI=1S/C12H11ClN2O2/c1-8-2-12(9(7-16)4-15-8)17-11-3-10(13)5-14-6-11/h2-6,16H,7H2,1H3. The van der Waals surface area contributed by atoms with Crippen molar-refractivity contribution in [2.45, 2.75) is 13.5 Å². The van der Waals surface area contributed by atoms with E-state index in [0.29, 0.717) is 22.1 Å². The molecule has 0 saturated heterocycles. The van der Waals surface area contributed by atoms with Crippen LogP contribution < -0.4 is 4.74 Å². The average molecular weight is 251 g/mol. The fourth-order valence-electron chi connectivity index (χ4n) is 1.35. The lowest BCUT2D eigenvalue weighted by molar-refractivity contribution is 0.276. The molecule has 0 aliphatic rings. The minimum Gasteiger partial charge on any atom is -0.455 e. The molecular weight excluding hydrogens is 240 g/mol. The zero-order chi connectivity index (χ0) is 12.3. The van der Waals surface area contributed by atoms with Crippen LogP contribution in [0.5, 0.6) is 11.5 Å². The number of hydrogen-bond acceptors (Lipinski definition) is 4. The Labute approximate surface area is 104 Å². The van der Waals surface area contributed by atoms with Gasteiger partial charge < -0.3 is 9.84 Å². The van der Waals surface area contributed by atoms with Crippen molar-refractivity contribution in [3.63, 3.8) is 0 Å². The molecule has 0 fully saturated rings. The second-order valence-electron chi connectivity index (χ2n) is 3.53. The van der Waals surface area contributed by atoms with Crippen molar-refractivity contribution >= 4 is 11.6 Å². The van der Waals surface area contributed by atoms with Crippen LogP contribution in [0.1, 0.15) is 11.3 Å². The van der Waals surface area contributed by atoms with Crippen LogP contribution in [-0.4, -0.2) is 15.1 Å². The molecule has 0 aromatic carbocycles. The van der Waals surface area contributed by atoms with Crippen molar-refractivity contribution in [2.75, 3.05) is 0 Å². The van der Waals surface area contributed by atoms with Crippen molar-refractivity contribution in [3.05, 3.63) is 47.0 Å². The number of aryl methyl sites for hydroxylation is 1. The molecule has 1 N–H and O–H groups in total. The summed E-state index contributed by atoms with van der Waals surface area (Å²) in [4.78, 5) is 8.01. The topological polar surface area (TPSA) is 55.2 Å². The Morgan fingerprint density at radius 3 is 2.82 bits per heavy atom. The van der Waals surface area contributed by atoms with Gasteiger partial charge in [-0.3, -0.25) is 9.97 Å². The summed E-state index contributed by atoms with van der Waals surface area (Å²) in [7, 11) is 0. The molecule has 0 spiro atoms. The molecule has 0 saturated carbocycles. The van der Waals surface area contributed by atoms with Gasteiger partial charge in [-0.05, 0) is 6.92 Å². The van der Waals surface area contributed by atoms with Gasteiger partial charge in [0.15, 0.2) is 0 Å². The predicted octanol–water partition coefficient (Wildman–Crippen LogP) is 2.72. The third-order valence-corrected chi connectivity index (χ3v) is 2.37. The van der Waals surface area contributed by atoms with E-state index in [-0.39, 0.29) is 6.61 Å². The predicted molar refractivity (Wildman–Crippen MR) is 64.2 cm³/mol. The number of ether oxygens (including phenoxy) is 1. The first-order valence-corrected chi connectivity index (χ1v) is 5.41. The van der Waals surface area contributed by atoms with E-state index in [4.69, 9.17) is 16.3 Å². The fraction of sp³-hybridized carbons (Fsp3) is 0.167. The van der Waals surface area contributed by atoms with Crippen LogP contribution in [0, 0.1) is 6.92 Å². The maximum Gasteiger partial charge on any atom is 0.147 e. The smallest absolute Gasteiger partial charge is 0.147 e. The van der Waals surface area contributed by atoms with E-state index in [1.54, 1.807) is 24.5 Å². The van der Waals surface area contributed by atoms with Crippen molar-refractivity contribution in [1.29, 1.82) is 0 Å². The van der Waals surface area contributed by atoms with Gasteiger partial charge in [0.2, 0.25) is 0 Å². The molecule has 5 heteroatoms. The number of aliphatic hydroxyl groups excluding tert-OH is 1. The van der Waals surface area contributed by atoms with Crippen LogP contribution in [0.25, 0.3) is 0 Å². The largest absolute Gasteiger partial charge is 0.455 e. The van der Waals surface area contributed by atoms with Crippen LogP contribution >= 0.6 is 11.6 Å². The Morgan fingerprint density at radius 1 is 1.29 bits per heavy atom. The third-order valence-electron chi connectivity index (χ3n) is 2.16. The van der Waals surface area contributed by atoms with Crippen LogP contribution in [0.4, 0.5) is 0 Å². The van der Waals surface area contributed by atoms with Gasteiger partial charge >= 0.3 is 0 Å². The highest BCUT2D eigenvalue weighted by molar-refractivity contribution is 6.30. The summed E-state index contributed by atoms with van der Waals surface area (Å²) in [6.07, 6.45) is 4.67. The molecule has 0 bridgehead atoms. The first-order valence-electron chi connectivity index (χ1n) is 5.04. The van der Waals surface area contributed by atoms with Crippen LogP contribution in [-0.2, 0) is 6.61 Å². The molecule has 2 aromatic heterocycles. The third kappa shape index (κ3) is 2.93. The number of nitrogens with zero attached hydrogens (tertiary/aromatic N) is 2. The van der Waals surface area contributed by atoms with E-state index in [1.807, 2.05) is 6.92 Å². The SMILES string of the molecule is Cc1cc(Oc2cncc(Cl)c2)c(CO)cn1. The number of hydrogen-bond donors (Lipinski definition) is 1. The first-order chi connectivity index (χ1) is 8.19. The highest BCUT2D eigenvalue weighted by Crippen LogP contribution is 2.26. The van der Waals surface area contributed by atoms with Crippen LogP contribution in [0.2, 0.25) is 5.02 Å². The summed E-state index contributed by atoms with van der Waals surface area (Å²) in [5.74, 6) is 1.09. The summed E-state index contributed by atoms with van der Waals surface area (Å²) in [5, 5.41) is 9.68. The fourth-order valence-corrected chi connectivity index (χ4v) is 1.52. The molecular formula is C12H11ClN2O2. The van der Waals surface area contributed by atoms with Crippen molar-refractivity contribution < 1.29 is 9.84 Å². The quantitative estimate of drug-likeness (QED) is 0.910. The summed E-state index contributed by atoms with van der Waals surface area (Å²) in [5.41, 5.74) is 1.43. The minimum atomic E-state index is -0.128. The maximum absolute atomic E-state index is 9.18. The van der Waals surface area contributed by atoms with Gasteiger partial charge in [0.25, 0.3) is 0 Å². The molecule has 0 aliphatic carbocycles. The monoisotopic (exact) mass is 250 g/mol. The van der Waals surface area contributed by atoms with Gasteiger partial charge in [0, 0.05) is 35.8 Å². The summed E-state index contributed by atoms with van der Waals surface area (Å²) in [6.45, 7) is 1.72. The van der Waals surface area contributed by atoms with Gasteiger partial charge in [0.05, 0.1) is 17.8 Å². The molecule has 2 aromatic rings. The van der Waals surface area contributed by atoms with Crippen LogP contribution in [0.15, 0.2) is 30.7 Å². The highest BCUT2D eigenvalue weighted by Gasteiger charge is 2.06. The Bertz CT molecular complexity index is 532.